The van der Waals surface area contributed by atoms with Gasteiger partial charge in [-0.05, 0) is 31.2 Å². The lowest BCUT2D eigenvalue weighted by Gasteiger charge is -2.17. The zero-order chi connectivity index (χ0) is 16.0. The van der Waals surface area contributed by atoms with Crippen LogP contribution in [0.15, 0.2) is 28.7 Å². The van der Waals surface area contributed by atoms with Crippen LogP contribution in [0.5, 0.6) is 5.75 Å². The van der Waals surface area contributed by atoms with Gasteiger partial charge >= 0.3 is 11.9 Å². The third-order valence-electron chi connectivity index (χ3n) is 2.49. The summed E-state index contributed by atoms with van der Waals surface area (Å²) in [5.41, 5.74) is 0. The first-order chi connectivity index (χ1) is 9.79. The van der Waals surface area contributed by atoms with E-state index in [1.54, 1.807) is 24.3 Å². The lowest BCUT2D eigenvalue weighted by atomic mass is 10.2. The van der Waals surface area contributed by atoms with Crippen molar-refractivity contribution in [2.24, 2.45) is 0 Å². The fourth-order valence-corrected chi connectivity index (χ4v) is 1.70. The van der Waals surface area contributed by atoms with Gasteiger partial charge in [0.05, 0.1) is 6.42 Å². The van der Waals surface area contributed by atoms with Crippen LogP contribution < -0.4 is 10.1 Å². The number of nitrogens with one attached hydrogen (secondary N) is 1. The molecule has 0 bridgehead atoms. The van der Waals surface area contributed by atoms with Gasteiger partial charge < -0.3 is 20.3 Å². The summed E-state index contributed by atoms with van der Waals surface area (Å²) in [6, 6.07) is 5.24. The number of aliphatic carboxylic acids is 2. The van der Waals surface area contributed by atoms with Gasteiger partial charge in [0.2, 0.25) is 0 Å². The van der Waals surface area contributed by atoms with Crippen LogP contribution in [0, 0.1) is 0 Å². The quantitative estimate of drug-likeness (QED) is 0.675. The van der Waals surface area contributed by atoms with Gasteiger partial charge in [-0.2, -0.15) is 0 Å². The molecule has 7 nitrogen and oxygen atoms in total. The van der Waals surface area contributed by atoms with E-state index in [9.17, 15) is 14.4 Å². The molecule has 2 atom stereocenters. The molecule has 21 heavy (non-hydrogen) atoms. The molecule has 0 aliphatic rings. The minimum absolute atomic E-state index is 0.436. The van der Waals surface area contributed by atoms with E-state index in [0.29, 0.717) is 5.75 Å². The summed E-state index contributed by atoms with van der Waals surface area (Å²) in [5.74, 6) is -3.00. The van der Waals surface area contributed by atoms with E-state index in [1.807, 2.05) is 0 Å². The predicted molar refractivity (Wildman–Crippen MR) is 76.1 cm³/mol. The highest BCUT2D eigenvalue weighted by Gasteiger charge is 2.26. The first kappa shape index (κ1) is 17.0. The lowest BCUT2D eigenvalue weighted by Crippen LogP contribution is -2.47. The van der Waals surface area contributed by atoms with Gasteiger partial charge in [-0.1, -0.05) is 15.9 Å². The smallest absolute Gasteiger partial charge is 0.326 e. The summed E-state index contributed by atoms with van der Waals surface area (Å²) in [4.78, 5) is 33.2. The standard InChI is InChI=1S/C13H14BrNO6/c1-7(21-9-4-2-8(14)3-5-9)12(18)15-10(13(19)20)6-11(16)17/h2-5,7,10H,6H2,1H3,(H,15,18)(H,16,17)(H,19,20)/t7?,10-/m0/s1. The molecule has 0 saturated carbocycles. The highest BCUT2D eigenvalue weighted by Crippen LogP contribution is 2.17. The van der Waals surface area contributed by atoms with Crippen LogP contribution in [-0.2, 0) is 14.4 Å². The lowest BCUT2D eigenvalue weighted by molar-refractivity contribution is -0.147. The van der Waals surface area contributed by atoms with Crippen LogP contribution in [0.2, 0.25) is 0 Å². The number of rotatable bonds is 7. The molecule has 0 aliphatic carbocycles. The van der Waals surface area contributed by atoms with Crippen molar-refractivity contribution in [2.45, 2.75) is 25.5 Å². The van der Waals surface area contributed by atoms with Gasteiger partial charge in [-0.25, -0.2) is 4.79 Å². The minimum atomic E-state index is -1.49. The van der Waals surface area contributed by atoms with E-state index in [1.165, 1.54) is 6.92 Å². The van der Waals surface area contributed by atoms with Gasteiger partial charge in [0.15, 0.2) is 6.10 Å². The Morgan fingerprint density at radius 2 is 1.81 bits per heavy atom. The molecule has 1 aromatic carbocycles. The van der Waals surface area contributed by atoms with E-state index in [2.05, 4.69) is 21.2 Å². The SMILES string of the molecule is CC(Oc1ccc(Br)cc1)C(=O)N[C@@H](CC(=O)O)C(=O)O. The van der Waals surface area contributed by atoms with Crippen molar-refractivity contribution in [3.63, 3.8) is 0 Å². The van der Waals surface area contributed by atoms with Crippen molar-refractivity contribution in [1.82, 2.24) is 5.32 Å². The number of benzene rings is 1. The van der Waals surface area contributed by atoms with Crippen LogP contribution in [0.1, 0.15) is 13.3 Å². The Balaban J connectivity index is 2.62. The minimum Gasteiger partial charge on any atom is -0.481 e. The predicted octanol–water partition coefficient (Wildman–Crippen LogP) is 1.26. The largest absolute Gasteiger partial charge is 0.481 e. The number of hydrogen-bond acceptors (Lipinski definition) is 4. The molecule has 8 heteroatoms. The average Bonchev–Trinajstić information content (AvgIpc) is 2.39. The van der Waals surface area contributed by atoms with Crippen LogP contribution in [0.25, 0.3) is 0 Å². The molecule has 3 N–H and O–H groups in total. The highest BCUT2D eigenvalue weighted by atomic mass is 79.9. The van der Waals surface area contributed by atoms with E-state index in [4.69, 9.17) is 14.9 Å². The highest BCUT2D eigenvalue weighted by molar-refractivity contribution is 9.10. The maximum absolute atomic E-state index is 11.8. The Morgan fingerprint density at radius 3 is 2.29 bits per heavy atom. The van der Waals surface area contributed by atoms with Gasteiger partial charge in [-0.3, -0.25) is 9.59 Å². The summed E-state index contributed by atoms with van der Waals surface area (Å²) >= 11 is 3.26. The number of amides is 1. The van der Waals surface area contributed by atoms with Gasteiger partial charge in [0.25, 0.3) is 5.91 Å². The maximum Gasteiger partial charge on any atom is 0.326 e. The Labute approximate surface area is 129 Å². The Morgan fingerprint density at radius 1 is 1.24 bits per heavy atom. The second-order valence-corrected chi connectivity index (χ2v) is 5.13. The molecule has 0 heterocycles. The van der Waals surface area contributed by atoms with Crippen molar-refractivity contribution >= 4 is 33.8 Å². The summed E-state index contributed by atoms with van der Waals surface area (Å²) in [7, 11) is 0. The fraction of sp³-hybridized carbons (Fsp3) is 0.308. The Hall–Kier alpha value is -2.09. The number of carbonyl (C=O) groups excluding carboxylic acids is 1. The van der Waals surface area contributed by atoms with Gasteiger partial charge in [0.1, 0.15) is 11.8 Å². The number of ether oxygens (including phenoxy) is 1. The molecular formula is C13H14BrNO6. The van der Waals surface area contributed by atoms with E-state index < -0.39 is 36.4 Å². The van der Waals surface area contributed by atoms with Crippen molar-refractivity contribution in [3.8, 4) is 5.75 Å². The van der Waals surface area contributed by atoms with Crippen molar-refractivity contribution in [3.05, 3.63) is 28.7 Å². The van der Waals surface area contributed by atoms with E-state index >= 15 is 0 Å². The maximum atomic E-state index is 11.8. The van der Waals surface area contributed by atoms with Crippen LogP contribution >= 0.6 is 15.9 Å². The van der Waals surface area contributed by atoms with Crippen molar-refractivity contribution in [2.75, 3.05) is 0 Å². The molecule has 0 fully saturated rings. The fourth-order valence-electron chi connectivity index (χ4n) is 1.43. The van der Waals surface area contributed by atoms with Gasteiger partial charge in [0, 0.05) is 4.47 Å². The Bertz CT molecular complexity index is 530. The number of hydrogen-bond donors (Lipinski definition) is 3. The zero-order valence-corrected chi connectivity index (χ0v) is 12.7. The number of halogens is 1. The molecule has 1 aromatic rings. The van der Waals surface area contributed by atoms with Crippen molar-refractivity contribution in [1.29, 1.82) is 0 Å². The first-order valence-corrected chi connectivity index (χ1v) is 6.76. The second kappa shape index (κ2) is 7.63. The van der Waals surface area contributed by atoms with Crippen LogP contribution in [-0.4, -0.2) is 40.2 Å². The molecule has 0 saturated heterocycles. The molecule has 1 unspecified atom stereocenters. The van der Waals surface area contributed by atoms with E-state index in [-0.39, 0.29) is 0 Å². The summed E-state index contributed by atoms with van der Waals surface area (Å²) in [6.45, 7) is 1.44. The Kier molecular flexibility index (Phi) is 6.16. The van der Waals surface area contributed by atoms with Crippen molar-refractivity contribution < 1.29 is 29.3 Å². The van der Waals surface area contributed by atoms with Crippen LogP contribution in [0.4, 0.5) is 0 Å². The molecule has 0 radical (unpaired) electrons. The normalized spacial score (nSPS) is 13.0. The number of carbonyl (C=O) groups is 3. The zero-order valence-electron chi connectivity index (χ0n) is 11.1. The molecule has 1 rings (SSSR count). The number of carboxylic acids is 2. The average molecular weight is 360 g/mol. The summed E-state index contributed by atoms with van der Waals surface area (Å²) < 4.78 is 6.19. The molecule has 114 valence electrons. The monoisotopic (exact) mass is 359 g/mol. The molecule has 0 spiro atoms. The second-order valence-electron chi connectivity index (χ2n) is 4.21. The summed E-state index contributed by atoms with van der Waals surface area (Å²) in [6.07, 6.45) is -1.66. The van der Waals surface area contributed by atoms with E-state index in [0.717, 1.165) is 4.47 Å². The molecule has 0 aromatic heterocycles. The number of carboxylic acid groups (broad SMARTS) is 2. The topological polar surface area (TPSA) is 113 Å². The molecule has 0 aliphatic heterocycles. The van der Waals surface area contributed by atoms with Gasteiger partial charge in [-0.15, -0.1) is 0 Å². The first-order valence-electron chi connectivity index (χ1n) is 5.96. The molecule has 1 amide bonds. The third kappa shape index (κ3) is 5.82. The van der Waals surface area contributed by atoms with Crippen LogP contribution in [0.3, 0.4) is 0 Å². The molecular weight excluding hydrogens is 346 g/mol. The summed E-state index contributed by atoms with van der Waals surface area (Å²) in [5, 5.41) is 19.6. The third-order valence-corrected chi connectivity index (χ3v) is 3.02.